The molecule has 0 aliphatic rings. The Labute approximate surface area is 168 Å². The number of nitrogens with zero attached hydrogens (tertiary/aromatic N) is 1. The third-order valence-corrected chi connectivity index (χ3v) is 5.61. The van der Waals surface area contributed by atoms with E-state index >= 15 is 0 Å². The van der Waals surface area contributed by atoms with Crippen molar-refractivity contribution in [1.82, 2.24) is 4.98 Å². The molecule has 4 aromatic rings. The van der Waals surface area contributed by atoms with Crippen LogP contribution in [0.1, 0.15) is 26.3 Å². The van der Waals surface area contributed by atoms with Crippen LogP contribution in [0.15, 0.2) is 77.3 Å². The minimum Gasteiger partial charge on any atom is -0.298 e. The maximum absolute atomic E-state index is 12.5. The highest BCUT2D eigenvalue weighted by Gasteiger charge is 2.13. The molecule has 4 rings (SSSR count). The Morgan fingerprint density at radius 1 is 0.815 bits per heavy atom. The molecule has 1 aromatic heterocycles. The van der Waals surface area contributed by atoms with E-state index < -0.39 is 0 Å². The van der Waals surface area contributed by atoms with Gasteiger partial charge in [0.1, 0.15) is 0 Å². The van der Waals surface area contributed by atoms with Crippen molar-refractivity contribution < 1.29 is 9.59 Å². The van der Waals surface area contributed by atoms with E-state index in [2.05, 4.69) is 26.2 Å². The quantitative estimate of drug-likeness (QED) is 0.427. The van der Waals surface area contributed by atoms with Crippen LogP contribution in [0.5, 0.6) is 0 Å². The number of carbonyl (C=O) groups excluding carboxylic acids is 2. The van der Waals surface area contributed by atoms with Crippen molar-refractivity contribution in [1.29, 1.82) is 0 Å². The molecule has 3 aromatic carbocycles. The van der Waals surface area contributed by atoms with Gasteiger partial charge in [0.05, 0.1) is 10.2 Å². The number of para-hydroxylation sites is 1. The van der Waals surface area contributed by atoms with Crippen LogP contribution >= 0.6 is 27.3 Å². The zero-order valence-corrected chi connectivity index (χ0v) is 16.4. The molecule has 4 nitrogen and oxygen atoms in total. The molecule has 0 atom stereocenters. The molecular formula is C21H13BrN2O2S. The highest BCUT2D eigenvalue weighted by atomic mass is 79.9. The predicted molar refractivity (Wildman–Crippen MR) is 112 cm³/mol. The molecule has 1 heterocycles. The molecule has 0 fully saturated rings. The van der Waals surface area contributed by atoms with Crippen molar-refractivity contribution in [3.8, 4) is 0 Å². The van der Waals surface area contributed by atoms with E-state index in [9.17, 15) is 9.59 Å². The van der Waals surface area contributed by atoms with Gasteiger partial charge in [-0.3, -0.25) is 14.9 Å². The smallest absolute Gasteiger partial charge is 0.257 e. The van der Waals surface area contributed by atoms with Gasteiger partial charge in [0.25, 0.3) is 5.91 Å². The third kappa shape index (κ3) is 3.67. The number of halogens is 1. The van der Waals surface area contributed by atoms with Gasteiger partial charge in [-0.15, -0.1) is 0 Å². The van der Waals surface area contributed by atoms with Crippen LogP contribution in [-0.2, 0) is 0 Å². The average Bonchev–Trinajstić information content (AvgIpc) is 3.12. The molecule has 0 saturated carbocycles. The Hall–Kier alpha value is -2.83. The van der Waals surface area contributed by atoms with E-state index in [0.717, 1.165) is 14.7 Å². The second-order valence-electron chi connectivity index (χ2n) is 5.83. The van der Waals surface area contributed by atoms with E-state index in [1.165, 1.54) is 11.3 Å². The van der Waals surface area contributed by atoms with Crippen molar-refractivity contribution in [3.63, 3.8) is 0 Å². The number of rotatable bonds is 4. The summed E-state index contributed by atoms with van der Waals surface area (Å²) >= 11 is 4.87. The number of hydrogen-bond acceptors (Lipinski definition) is 4. The Bertz CT molecular complexity index is 1140. The van der Waals surface area contributed by atoms with Gasteiger partial charge >= 0.3 is 0 Å². The fourth-order valence-corrected chi connectivity index (χ4v) is 4.14. The Kier molecular flexibility index (Phi) is 4.83. The van der Waals surface area contributed by atoms with E-state index in [1.54, 1.807) is 36.4 Å². The number of ketones is 1. The van der Waals surface area contributed by atoms with Gasteiger partial charge in [-0.05, 0) is 40.2 Å². The maximum Gasteiger partial charge on any atom is 0.257 e. The van der Waals surface area contributed by atoms with Crippen molar-refractivity contribution in [2.24, 2.45) is 0 Å². The summed E-state index contributed by atoms with van der Waals surface area (Å²) in [6, 6.07) is 21.5. The summed E-state index contributed by atoms with van der Waals surface area (Å²) in [7, 11) is 0. The molecule has 0 aliphatic carbocycles. The summed E-state index contributed by atoms with van der Waals surface area (Å²) in [4.78, 5) is 29.4. The first-order valence-corrected chi connectivity index (χ1v) is 9.79. The van der Waals surface area contributed by atoms with Crippen molar-refractivity contribution >= 4 is 54.3 Å². The molecule has 0 aliphatic heterocycles. The van der Waals surface area contributed by atoms with Gasteiger partial charge in [-0.2, -0.15) is 0 Å². The third-order valence-electron chi connectivity index (χ3n) is 4.04. The summed E-state index contributed by atoms with van der Waals surface area (Å²) in [5, 5.41) is 3.35. The zero-order chi connectivity index (χ0) is 18.8. The molecule has 0 unspecified atom stereocenters. The van der Waals surface area contributed by atoms with E-state index in [1.807, 2.05) is 36.4 Å². The molecule has 0 radical (unpaired) electrons. The summed E-state index contributed by atoms with van der Waals surface area (Å²) in [6.07, 6.45) is 0. The minimum absolute atomic E-state index is 0.0708. The lowest BCUT2D eigenvalue weighted by atomic mass is 10.0. The molecule has 0 saturated heterocycles. The number of nitrogens with one attached hydrogen (secondary N) is 1. The first-order valence-electron chi connectivity index (χ1n) is 8.18. The van der Waals surface area contributed by atoms with Crippen LogP contribution in [0.4, 0.5) is 5.13 Å². The summed E-state index contributed by atoms with van der Waals surface area (Å²) in [5.74, 6) is -0.331. The molecule has 0 spiro atoms. The van der Waals surface area contributed by atoms with E-state index in [0.29, 0.717) is 21.8 Å². The second-order valence-corrected chi connectivity index (χ2v) is 7.72. The molecule has 1 amide bonds. The number of anilines is 1. The SMILES string of the molecule is O=C(Nc1nc2c(Br)cccc2s1)c1ccc(C(=O)c2ccccc2)cc1. The topological polar surface area (TPSA) is 59.1 Å². The van der Waals surface area contributed by atoms with E-state index in [4.69, 9.17) is 0 Å². The lowest BCUT2D eigenvalue weighted by Crippen LogP contribution is -2.12. The van der Waals surface area contributed by atoms with Gasteiger partial charge in [-0.25, -0.2) is 4.98 Å². The standard InChI is InChI=1S/C21H13BrN2O2S/c22-16-7-4-8-17-18(16)23-21(27-17)24-20(26)15-11-9-14(10-12-15)19(25)13-5-2-1-3-6-13/h1-12H,(H,23,24,26). The maximum atomic E-state index is 12.5. The zero-order valence-electron chi connectivity index (χ0n) is 14.0. The molecule has 0 bridgehead atoms. The Morgan fingerprint density at radius 3 is 2.19 bits per heavy atom. The monoisotopic (exact) mass is 436 g/mol. The average molecular weight is 437 g/mol. The largest absolute Gasteiger partial charge is 0.298 e. The van der Waals surface area contributed by atoms with Crippen LogP contribution in [0.2, 0.25) is 0 Å². The number of aromatic nitrogens is 1. The van der Waals surface area contributed by atoms with E-state index in [-0.39, 0.29) is 11.7 Å². The lowest BCUT2D eigenvalue weighted by molar-refractivity contribution is 0.102. The van der Waals surface area contributed by atoms with Crippen LogP contribution in [-0.4, -0.2) is 16.7 Å². The molecule has 1 N–H and O–H groups in total. The summed E-state index contributed by atoms with van der Waals surface area (Å²) in [5.41, 5.74) is 2.45. The van der Waals surface area contributed by atoms with Crippen molar-refractivity contribution in [2.75, 3.05) is 5.32 Å². The predicted octanol–water partition coefficient (Wildman–Crippen LogP) is 5.54. The number of fused-ring (bicyclic) bond motifs is 1. The summed E-state index contributed by atoms with van der Waals surface area (Å²) < 4.78 is 1.88. The highest BCUT2D eigenvalue weighted by molar-refractivity contribution is 9.10. The number of benzene rings is 3. The van der Waals surface area contributed by atoms with Crippen LogP contribution in [0.25, 0.3) is 10.2 Å². The first kappa shape index (κ1) is 17.6. The minimum atomic E-state index is -0.260. The molecular weight excluding hydrogens is 424 g/mol. The fraction of sp³-hybridized carbons (Fsp3) is 0. The summed E-state index contributed by atoms with van der Waals surface area (Å²) in [6.45, 7) is 0. The number of carbonyl (C=O) groups is 2. The van der Waals surface area contributed by atoms with Gasteiger partial charge in [0.2, 0.25) is 0 Å². The van der Waals surface area contributed by atoms with Crippen LogP contribution < -0.4 is 5.32 Å². The lowest BCUT2D eigenvalue weighted by Gasteiger charge is -2.04. The Morgan fingerprint density at radius 2 is 1.48 bits per heavy atom. The Balaban J connectivity index is 1.52. The van der Waals surface area contributed by atoms with Gasteiger partial charge < -0.3 is 0 Å². The van der Waals surface area contributed by atoms with Crippen molar-refractivity contribution in [2.45, 2.75) is 0 Å². The van der Waals surface area contributed by atoms with Crippen LogP contribution in [0.3, 0.4) is 0 Å². The van der Waals surface area contributed by atoms with Crippen LogP contribution in [0, 0.1) is 0 Å². The highest BCUT2D eigenvalue weighted by Crippen LogP contribution is 2.31. The van der Waals surface area contributed by atoms with Gasteiger partial charge in [-0.1, -0.05) is 59.9 Å². The molecule has 27 heavy (non-hydrogen) atoms. The molecule has 132 valence electrons. The number of thiazole rings is 1. The normalized spacial score (nSPS) is 10.7. The first-order chi connectivity index (χ1) is 13.1. The second kappa shape index (κ2) is 7.42. The fourth-order valence-electron chi connectivity index (χ4n) is 2.67. The number of hydrogen-bond donors (Lipinski definition) is 1. The number of amides is 1. The molecule has 6 heteroatoms. The van der Waals surface area contributed by atoms with Gasteiger partial charge in [0.15, 0.2) is 10.9 Å². The van der Waals surface area contributed by atoms with Crippen molar-refractivity contribution in [3.05, 3.63) is 94.0 Å². The van der Waals surface area contributed by atoms with Gasteiger partial charge in [0, 0.05) is 21.2 Å².